The zero-order valence-electron chi connectivity index (χ0n) is 25.8. The fourth-order valence-corrected chi connectivity index (χ4v) is 6.61. The van der Waals surface area contributed by atoms with Gasteiger partial charge in [0, 0.05) is 13.8 Å². The Hall–Kier alpha value is -3.86. The van der Waals surface area contributed by atoms with E-state index in [1.807, 2.05) is 0 Å². The molecule has 0 aliphatic carbocycles. The van der Waals surface area contributed by atoms with E-state index in [9.17, 15) is 36.0 Å². The summed E-state index contributed by atoms with van der Waals surface area (Å²) in [5.74, 6) is -2.72. The van der Waals surface area contributed by atoms with Gasteiger partial charge in [0.2, 0.25) is 31.9 Å². The van der Waals surface area contributed by atoms with Crippen LogP contribution in [-0.2, 0) is 48.7 Å². The van der Waals surface area contributed by atoms with E-state index in [4.69, 9.17) is 0 Å². The molecule has 2 amide bonds. The molecule has 2 atom stereocenters. The van der Waals surface area contributed by atoms with Gasteiger partial charge in [0.25, 0.3) is 0 Å². The Balaban J connectivity index is 0.000000440. The summed E-state index contributed by atoms with van der Waals surface area (Å²) in [6.45, 7) is 9.35. The number of anilines is 2. The summed E-state index contributed by atoms with van der Waals surface area (Å²) in [7, 11) is -5.62. The molecule has 0 aromatic heterocycles. The Kier molecular flexibility index (Phi) is 14.6. The molecule has 0 saturated heterocycles. The topological polar surface area (TPSA) is 203 Å². The van der Waals surface area contributed by atoms with Crippen molar-refractivity contribution < 1.29 is 45.5 Å². The summed E-state index contributed by atoms with van der Waals surface area (Å²) >= 11 is 0. The predicted molar refractivity (Wildman–Crippen MR) is 163 cm³/mol. The van der Waals surface area contributed by atoms with Crippen LogP contribution in [0.4, 0.5) is 11.4 Å². The Morgan fingerprint density at radius 2 is 0.886 bits per heavy atom. The van der Waals surface area contributed by atoms with Crippen LogP contribution in [-0.4, -0.2) is 66.9 Å². The van der Waals surface area contributed by atoms with Gasteiger partial charge in [-0.25, -0.2) is 16.8 Å². The summed E-state index contributed by atoms with van der Waals surface area (Å²) in [4.78, 5) is 45.5. The van der Waals surface area contributed by atoms with Crippen LogP contribution >= 0.6 is 0 Å². The highest BCUT2D eigenvalue weighted by Crippen LogP contribution is 2.23. The van der Waals surface area contributed by atoms with Gasteiger partial charge in [-0.15, -0.1) is 0 Å². The van der Waals surface area contributed by atoms with Gasteiger partial charge in [-0.05, 0) is 36.1 Å². The Morgan fingerprint density at radius 3 is 1.14 bits per heavy atom. The van der Waals surface area contributed by atoms with E-state index in [0.717, 1.165) is 0 Å². The highest BCUT2D eigenvalue weighted by Gasteiger charge is 2.31. The van der Waals surface area contributed by atoms with E-state index >= 15 is 0 Å². The molecular weight excluding hydrogens is 616 g/mol. The first-order chi connectivity index (χ1) is 20.4. The minimum atomic E-state index is -4.00. The lowest BCUT2D eigenvalue weighted by Gasteiger charge is -2.20. The van der Waals surface area contributed by atoms with Crippen molar-refractivity contribution in [3.8, 4) is 0 Å². The molecule has 244 valence electrons. The van der Waals surface area contributed by atoms with E-state index < -0.39 is 55.9 Å². The molecular formula is C28H40N4O10S2. The number of hydrogen-bond acceptors (Lipinski definition) is 10. The molecule has 2 aromatic rings. The van der Waals surface area contributed by atoms with Crippen molar-refractivity contribution >= 4 is 55.2 Å². The number of nitrogens with one attached hydrogen (secondary N) is 4. The van der Waals surface area contributed by atoms with E-state index in [1.54, 1.807) is 39.8 Å². The van der Waals surface area contributed by atoms with Gasteiger partial charge in [-0.1, -0.05) is 52.0 Å². The van der Waals surface area contributed by atoms with Crippen molar-refractivity contribution in [2.75, 3.05) is 24.9 Å². The third-order valence-electron chi connectivity index (χ3n) is 5.78. The zero-order chi connectivity index (χ0) is 33.8. The van der Waals surface area contributed by atoms with E-state index in [-0.39, 0.29) is 33.0 Å². The zero-order valence-corrected chi connectivity index (χ0v) is 27.5. The van der Waals surface area contributed by atoms with Crippen molar-refractivity contribution in [3.05, 3.63) is 48.5 Å². The quantitative estimate of drug-likeness (QED) is 0.245. The number of rotatable bonds is 12. The first-order valence-electron chi connectivity index (χ1n) is 13.3. The minimum absolute atomic E-state index is 0.111. The van der Waals surface area contributed by atoms with E-state index in [0.29, 0.717) is 0 Å². The lowest BCUT2D eigenvalue weighted by molar-refractivity contribution is -0.144. The number of ether oxygens (including phenoxy) is 2. The SMILES string of the molecule is COC(=O)[C@@H](NS(=O)(=O)c1ccccc1NC(C)=O)C(C)C.COC(=O)[C@@H](NS(=O)(=O)c1ccccc1NC(C)=O)C(C)C. The van der Waals surface area contributed by atoms with Crippen LogP contribution < -0.4 is 20.1 Å². The maximum atomic E-state index is 12.5. The van der Waals surface area contributed by atoms with Crippen LogP contribution in [0.3, 0.4) is 0 Å². The predicted octanol–water partition coefficient (Wildman–Crippen LogP) is 2.24. The number of carbonyl (C=O) groups excluding carboxylic acids is 4. The molecule has 4 N–H and O–H groups in total. The molecule has 0 heterocycles. The van der Waals surface area contributed by atoms with Crippen molar-refractivity contribution in [3.63, 3.8) is 0 Å². The van der Waals surface area contributed by atoms with Crippen molar-refractivity contribution in [2.45, 2.75) is 63.4 Å². The van der Waals surface area contributed by atoms with E-state index in [2.05, 4.69) is 29.6 Å². The molecule has 0 fully saturated rings. The molecule has 2 aromatic carbocycles. The van der Waals surface area contributed by atoms with Gasteiger partial charge in [0.1, 0.15) is 21.9 Å². The average Bonchev–Trinajstić information content (AvgIpc) is 2.93. The maximum absolute atomic E-state index is 12.5. The number of esters is 2. The first kappa shape index (κ1) is 38.2. The Bertz CT molecular complexity index is 1430. The van der Waals surface area contributed by atoms with Crippen LogP contribution in [0.25, 0.3) is 0 Å². The largest absolute Gasteiger partial charge is 0.468 e. The molecule has 16 heteroatoms. The number of benzene rings is 2. The minimum Gasteiger partial charge on any atom is -0.468 e. The third-order valence-corrected chi connectivity index (χ3v) is 8.78. The van der Waals surface area contributed by atoms with Crippen LogP contribution in [0.15, 0.2) is 58.3 Å². The second-order valence-electron chi connectivity index (χ2n) is 10.1. The van der Waals surface area contributed by atoms with Gasteiger partial charge >= 0.3 is 11.9 Å². The number of sulfonamides is 2. The fourth-order valence-electron chi connectivity index (χ4n) is 3.62. The standard InChI is InChI=1S/2C14H20N2O5S/c2*1-9(2)13(14(18)21-4)16-22(19,20)12-8-6-5-7-11(12)15-10(3)17/h2*5-9,13,16H,1-4H3,(H,15,17)/t2*13-/m00/s1. The number of hydrogen-bond donors (Lipinski definition) is 4. The summed E-state index contributed by atoms with van der Waals surface area (Å²) in [5, 5.41) is 4.90. The van der Waals surface area contributed by atoms with Crippen LogP contribution in [0.1, 0.15) is 41.5 Å². The monoisotopic (exact) mass is 656 g/mol. The average molecular weight is 657 g/mol. The lowest BCUT2D eigenvalue weighted by Crippen LogP contribution is -2.45. The normalized spacial score (nSPS) is 12.8. The second kappa shape index (κ2) is 16.8. The number of para-hydroxylation sites is 2. The van der Waals surface area contributed by atoms with Crippen molar-refractivity contribution in [1.82, 2.24) is 9.44 Å². The molecule has 0 unspecified atom stereocenters. The van der Waals surface area contributed by atoms with Gasteiger partial charge < -0.3 is 20.1 Å². The molecule has 44 heavy (non-hydrogen) atoms. The molecule has 0 bridgehead atoms. The smallest absolute Gasteiger partial charge is 0.324 e. The fraction of sp³-hybridized carbons (Fsp3) is 0.429. The maximum Gasteiger partial charge on any atom is 0.324 e. The molecule has 0 saturated carbocycles. The second-order valence-corrected chi connectivity index (χ2v) is 13.5. The molecule has 0 aliphatic heterocycles. The Labute approximate surface area is 258 Å². The van der Waals surface area contributed by atoms with Gasteiger partial charge in [-0.3, -0.25) is 19.2 Å². The van der Waals surface area contributed by atoms with Gasteiger partial charge in [0.15, 0.2) is 0 Å². The highest BCUT2D eigenvalue weighted by atomic mass is 32.2. The summed E-state index contributed by atoms with van der Waals surface area (Å²) in [5.41, 5.74) is 0.296. The number of carbonyl (C=O) groups is 4. The van der Waals surface area contributed by atoms with Crippen molar-refractivity contribution in [2.24, 2.45) is 11.8 Å². The molecule has 0 spiro atoms. The van der Waals surface area contributed by atoms with Gasteiger partial charge in [0.05, 0.1) is 25.6 Å². The summed E-state index contributed by atoms with van der Waals surface area (Å²) < 4.78 is 63.9. The highest BCUT2D eigenvalue weighted by molar-refractivity contribution is 7.90. The molecule has 2 rings (SSSR count). The first-order valence-corrected chi connectivity index (χ1v) is 16.3. The summed E-state index contributed by atoms with van der Waals surface area (Å²) in [6, 6.07) is 9.88. The summed E-state index contributed by atoms with van der Waals surface area (Å²) in [6.07, 6.45) is 0. The number of methoxy groups -OCH3 is 2. The van der Waals surface area contributed by atoms with Crippen molar-refractivity contribution in [1.29, 1.82) is 0 Å². The molecule has 0 radical (unpaired) electrons. The molecule has 0 aliphatic rings. The van der Waals surface area contributed by atoms with Gasteiger partial charge in [-0.2, -0.15) is 9.44 Å². The Morgan fingerprint density at radius 1 is 0.591 bits per heavy atom. The van der Waals surface area contributed by atoms with Crippen LogP contribution in [0, 0.1) is 11.8 Å². The third kappa shape index (κ3) is 11.3. The molecule has 14 nitrogen and oxygen atoms in total. The van der Waals surface area contributed by atoms with Crippen LogP contribution in [0.2, 0.25) is 0 Å². The number of amides is 2. The lowest BCUT2D eigenvalue weighted by atomic mass is 10.1. The van der Waals surface area contributed by atoms with E-state index in [1.165, 1.54) is 64.5 Å². The van der Waals surface area contributed by atoms with Crippen LogP contribution in [0.5, 0.6) is 0 Å².